The minimum atomic E-state index is -0.363. The molecule has 15 heavy (non-hydrogen) atoms. The van der Waals surface area contributed by atoms with Gasteiger partial charge in [-0.05, 0) is 11.4 Å². The van der Waals surface area contributed by atoms with Crippen LogP contribution in [0.3, 0.4) is 0 Å². The van der Waals surface area contributed by atoms with Crippen molar-refractivity contribution in [2.24, 2.45) is 5.41 Å². The van der Waals surface area contributed by atoms with Gasteiger partial charge in [0.05, 0.1) is 0 Å². The highest BCUT2D eigenvalue weighted by molar-refractivity contribution is 7.21. The molecule has 2 rings (SSSR count). The van der Waals surface area contributed by atoms with Gasteiger partial charge in [0.1, 0.15) is 0 Å². The molecule has 0 N–H and O–H groups in total. The molecule has 1 aliphatic heterocycles. The van der Waals surface area contributed by atoms with Crippen LogP contribution in [0.2, 0.25) is 0 Å². The zero-order chi connectivity index (χ0) is 10.9. The number of hydrogen-bond acceptors (Lipinski definition) is 4. The predicted octanol–water partition coefficient (Wildman–Crippen LogP) is 1.33. The number of thiophene rings is 1. The lowest BCUT2D eigenvalue weighted by molar-refractivity contribution is 0.0345. The summed E-state index contributed by atoms with van der Waals surface area (Å²) < 4.78 is 12.1. The third-order valence-corrected chi connectivity index (χ3v) is 3.27. The summed E-state index contributed by atoms with van der Waals surface area (Å²) in [6.45, 7) is 5.51. The molecule has 0 atom stereocenters. The van der Waals surface area contributed by atoms with E-state index in [4.69, 9.17) is 9.31 Å². The molecular weight excluding hydrogens is 211 g/mol. The number of carbonyl (C=O) groups is 1. The van der Waals surface area contributed by atoms with E-state index < -0.39 is 0 Å². The number of hydrogen-bond donors (Lipinski definition) is 0. The molecule has 0 aliphatic carbocycles. The minimum absolute atomic E-state index is 0.0646. The molecule has 1 aliphatic rings. The van der Waals surface area contributed by atoms with Crippen LogP contribution in [0.1, 0.15) is 24.2 Å². The molecule has 0 bridgehead atoms. The second-order valence-electron chi connectivity index (χ2n) is 4.48. The quantitative estimate of drug-likeness (QED) is 0.561. The first-order valence-electron chi connectivity index (χ1n) is 4.88. The Morgan fingerprint density at radius 2 is 2.13 bits per heavy atom. The highest BCUT2D eigenvalue weighted by Crippen LogP contribution is 2.22. The molecule has 0 aromatic carbocycles. The van der Waals surface area contributed by atoms with Gasteiger partial charge in [0.2, 0.25) is 0 Å². The molecule has 2 heterocycles. The summed E-state index contributed by atoms with van der Waals surface area (Å²) in [7, 11) is -0.363. The molecule has 3 nitrogen and oxygen atoms in total. The van der Waals surface area contributed by atoms with Crippen LogP contribution in [0.4, 0.5) is 0 Å². The Labute approximate surface area is 93.5 Å². The summed E-state index contributed by atoms with van der Waals surface area (Å²) in [4.78, 5) is 10.8. The number of carbonyl (C=O) groups excluding carboxylic acids is 1. The zero-order valence-corrected chi connectivity index (χ0v) is 9.67. The van der Waals surface area contributed by atoms with Crippen LogP contribution < -0.4 is 4.78 Å². The van der Waals surface area contributed by atoms with Crippen LogP contribution in [0, 0.1) is 5.41 Å². The van der Waals surface area contributed by atoms with Crippen LogP contribution in [0.25, 0.3) is 0 Å². The van der Waals surface area contributed by atoms with Crippen molar-refractivity contribution < 1.29 is 14.1 Å². The molecule has 1 fully saturated rings. The van der Waals surface area contributed by atoms with E-state index >= 15 is 0 Å². The van der Waals surface area contributed by atoms with E-state index in [1.165, 1.54) is 11.3 Å². The summed E-state index contributed by atoms with van der Waals surface area (Å²) in [5.74, 6) is 0. The van der Waals surface area contributed by atoms with Crippen LogP contribution in [0.5, 0.6) is 0 Å². The van der Waals surface area contributed by atoms with E-state index in [0.29, 0.717) is 18.8 Å². The van der Waals surface area contributed by atoms with E-state index in [2.05, 4.69) is 13.8 Å². The van der Waals surface area contributed by atoms with Crippen molar-refractivity contribution in [3.05, 3.63) is 17.0 Å². The van der Waals surface area contributed by atoms with Gasteiger partial charge in [0, 0.05) is 29.0 Å². The second-order valence-corrected chi connectivity index (χ2v) is 5.42. The van der Waals surface area contributed by atoms with Crippen molar-refractivity contribution in [2.75, 3.05) is 13.2 Å². The van der Waals surface area contributed by atoms with Gasteiger partial charge in [-0.1, -0.05) is 13.8 Å². The Balaban J connectivity index is 2.10. The fourth-order valence-electron chi connectivity index (χ4n) is 1.46. The molecule has 80 valence electrons. The lowest BCUT2D eigenvalue weighted by Crippen LogP contribution is -2.47. The van der Waals surface area contributed by atoms with E-state index in [9.17, 15) is 4.79 Å². The fourth-order valence-corrected chi connectivity index (χ4v) is 2.32. The van der Waals surface area contributed by atoms with E-state index in [-0.39, 0.29) is 12.5 Å². The predicted molar refractivity (Wildman–Crippen MR) is 60.8 cm³/mol. The SMILES string of the molecule is CC1(C)COB(c2sccc2C=O)OC1. The Morgan fingerprint density at radius 3 is 2.73 bits per heavy atom. The van der Waals surface area contributed by atoms with Gasteiger partial charge < -0.3 is 9.31 Å². The summed E-state index contributed by atoms with van der Waals surface area (Å²) in [6.07, 6.45) is 0.846. The maximum absolute atomic E-state index is 10.8. The second kappa shape index (κ2) is 4.08. The first-order valence-corrected chi connectivity index (χ1v) is 5.76. The van der Waals surface area contributed by atoms with Crippen LogP contribution in [-0.2, 0) is 9.31 Å². The van der Waals surface area contributed by atoms with Crippen molar-refractivity contribution in [3.8, 4) is 0 Å². The van der Waals surface area contributed by atoms with Gasteiger partial charge in [-0.2, -0.15) is 11.3 Å². The van der Waals surface area contributed by atoms with Gasteiger partial charge in [-0.3, -0.25) is 4.79 Å². The lowest BCUT2D eigenvalue weighted by atomic mass is 9.80. The molecule has 1 aromatic heterocycles. The van der Waals surface area contributed by atoms with Crippen molar-refractivity contribution in [3.63, 3.8) is 0 Å². The lowest BCUT2D eigenvalue weighted by Gasteiger charge is -2.32. The largest absolute Gasteiger partial charge is 0.505 e. The maximum atomic E-state index is 10.8. The summed E-state index contributed by atoms with van der Waals surface area (Å²) in [5.41, 5.74) is 0.736. The van der Waals surface area contributed by atoms with Crippen LogP contribution in [0.15, 0.2) is 11.4 Å². The van der Waals surface area contributed by atoms with Crippen molar-refractivity contribution in [1.82, 2.24) is 0 Å². The molecule has 0 unspecified atom stereocenters. The van der Waals surface area contributed by atoms with Crippen LogP contribution >= 0.6 is 11.3 Å². The molecule has 0 amide bonds. The molecule has 0 saturated carbocycles. The van der Waals surface area contributed by atoms with Gasteiger partial charge in [0.15, 0.2) is 6.29 Å². The summed E-state index contributed by atoms with van der Waals surface area (Å²) >= 11 is 1.50. The normalized spacial score (nSPS) is 20.3. The van der Waals surface area contributed by atoms with E-state index in [1.807, 2.05) is 5.38 Å². The first-order chi connectivity index (χ1) is 7.12. The van der Waals surface area contributed by atoms with Crippen molar-refractivity contribution in [1.29, 1.82) is 0 Å². The van der Waals surface area contributed by atoms with Crippen molar-refractivity contribution in [2.45, 2.75) is 13.8 Å². The van der Waals surface area contributed by atoms with E-state index in [0.717, 1.165) is 11.1 Å². The average Bonchev–Trinajstić information content (AvgIpc) is 2.65. The number of rotatable bonds is 2. The Morgan fingerprint density at radius 1 is 1.47 bits per heavy atom. The standard InChI is InChI=1S/C10H13BO3S/c1-10(2)6-13-11(14-7-10)9-8(5-12)3-4-15-9/h3-5H,6-7H2,1-2H3. The van der Waals surface area contributed by atoms with Crippen molar-refractivity contribution >= 4 is 29.5 Å². The molecule has 1 aromatic rings. The fraction of sp³-hybridized carbons (Fsp3) is 0.500. The highest BCUT2D eigenvalue weighted by atomic mass is 32.1. The highest BCUT2D eigenvalue weighted by Gasteiger charge is 2.35. The van der Waals surface area contributed by atoms with E-state index in [1.54, 1.807) is 6.07 Å². The molecule has 5 heteroatoms. The minimum Gasteiger partial charge on any atom is -0.406 e. The van der Waals surface area contributed by atoms with Gasteiger partial charge >= 0.3 is 7.12 Å². The Bertz CT molecular complexity index is 351. The Hall–Kier alpha value is -0.645. The molecule has 1 saturated heterocycles. The third-order valence-electron chi connectivity index (χ3n) is 2.32. The van der Waals surface area contributed by atoms with Crippen LogP contribution in [-0.4, -0.2) is 26.6 Å². The Kier molecular flexibility index (Phi) is 2.95. The zero-order valence-electron chi connectivity index (χ0n) is 8.86. The monoisotopic (exact) mass is 224 g/mol. The molecule has 0 radical (unpaired) electrons. The van der Waals surface area contributed by atoms with Gasteiger partial charge in [-0.15, -0.1) is 0 Å². The first kappa shape index (κ1) is 10.9. The smallest absolute Gasteiger partial charge is 0.406 e. The average molecular weight is 224 g/mol. The topological polar surface area (TPSA) is 35.5 Å². The number of aldehydes is 1. The van der Waals surface area contributed by atoms with Gasteiger partial charge in [-0.25, -0.2) is 0 Å². The summed E-state index contributed by atoms with van der Waals surface area (Å²) in [5, 5.41) is 1.88. The third kappa shape index (κ3) is 2.30. The maximum Gasteiger partial charge on any atom is 0.505 e. The van der Waals surface area contributed by atoms with Gasteiger partial charge in [0.25, 0.3) is 0 Å². The molecular formula is C10H13BO3S. The summed E-state index contributed by atoms with van der Waals surface area (Å²) in [6, 6.07) is 1.79. The molecule has 0 spiro atoms.